The first-order chi connectivity index (χ1) is 9.49. The molecule has 0 aliphatic carbocycles. The van der Waals surface area contributed by atoms with Crippen LogP contribution < -0.4 is 0 Å². The maximum Gasteiger partial charge on any atom is 0.182 e. The number of imidazole rings is 1. The molecule has 0 saturated heterocycles. The monoisotopic (exact) mass is 434 g/mol. The molecule has 1 N–H and O–H groups in total. The van der Waals surface area contributed by atoms with Crippen molar-refractivity contribution in [2.24, 2.45) is 0 Å². The fourth-order valence-corrected chi connectivity index (χ4v) is 3.84. The Bertz CT molecular complexity index is 868. The highest BCUT2D eigenvalue weighted by molar-refractivity contribution is 9.11. The van der Waals surface area contributed by atoms with E-state index in [1.165, 1.54) is 6.07 Å². The second kappa shape index (κ2) is 5.26. The van der Waals surface area contributed by atoms with Crippen LogP contribution in [0.3, 0.4) is 0 Å². The third-order valence-corrected chi connectivity index (χ3v) is 4.74. The number of H-pyrrole nitrogens is 1. The summed E-state index contributed by atoms with van der Waals surface area (Å²) in [6.07, 6.45) is 0. The second-order valence-electron chi connectivity index (χ2n) is 4.12. The van der Waals surface area contributed by atoms with E-state index in [1.807, 2.05) is 22.8 Å². The van der Waals surface area contributed by atoms with Crippen molar-refractivity contribution in [3.63, 3.8) is 0 Å². The van der Waals surface area contributed by atoms with Gasteiger partial charge in [0.05, 0.1) is 21.7 Å². The molecule has 1 heterocycles. The van der Waals surface area contributed by atoms with Gasteiger partial charge in [0.2, 0.25) is 0 Å². The lowest BCUT2D eigenvalue weighted by Crippen LogP contribution is -1.97. The number of hydrogen-bond donors (Lipinski definition) is 1. The fourth-order valence-electron chi connectivity index (χ4n) is 2.03. The molecule has 0 radical (unpaired) electrons. The largest absolute Gasteiger partial charge is 0.330 e. The average Bonchev–Trinajstić information content (AvgIpc) is 2.67. The molecule has 0 aliphatic heterocycles. The molecule has 7 heteroatoms. The summed E-state index contributed by atoms with van der Waals surface area (Å²) in [4.78, 5) is 2.99. The number of rotatable bonds is 1. The zero-order chi connectivity index (χ0) is 14.4. The quantitative estimate of drug-likeness (QED) is 0.464. The predicted molar refractivity (Wildman–Crippen MR) is 88.8 cm³/mol. The number of nitrogens with one attached hydrogen (secondary N) is 1. The van der Waals surface area contributed by atoms with Gasteiger partial charge in [0, 0.05) is 15.0 Å². The Balaban J connectivity index is 2.46. The molecule has 0 fully saturated rings. The minimum Gasteiger partial charge on any atom is -0.330 e. The summed E-state index contributed by atoms with van der Waals surface area (Å²) < 4.78 is 17.5. The van der Waals surface area contributed by atoms with Crippen molar-refractivity contribution >= 4 is 66.7 Å². The topological polar surface area (TPSA) is 20.7 Å². The van der Waals surface area contributed by atoms with Gasteiger partial charge in [-0.15, -0.1) is 0 Å². The van der Waals surface area contributed by atoms with Gasteiger partial charge in [0.15, 0.2) is 4.77 Å². The van der Waals surface area contributed by atoms with E-state index in [2.05, 4.69) is 36.8 Å². The van der Waals surface area contributed by atoms with Crippen molar-refractivity contribution in [2.45, 2.75) is 0 Å². The molecule has 0 bridgehead atoms. The van der Waals surface area contributed by atoms with E-state index in [1.54, 1.807) is 6.07 Å². The highest BCUT2D eigenvalue weighted by atomic mass is 79.9. The number of halogens is 4. The standard InChI is InChI=1S/C13H6Br2ClFN2S/c14-6-2-1-3-7(15)12(6)19-11-4-8(16)9(17)5-10(11)18-13(19)20/h1-5H,(H,18,20). The third-order valence-electron chi connectivity index (χ3n) is 2.89. The molecule has 0 atom stereocenters. The van der Waals surface area contributed by atoms with Gasteiger partial charge < -0.3 is 4.98 Å². The number of para-hydroxylation sites is 1. The SMILES string of the molecule is Fc1cc2[nH]c(=S)n(-c3c(Br)cccc3Br)c2cc1Cl. The normalized spacial score (nSPS) is 11.2. The van der Waals surface area contributed by atoms with Crippen LogP contribution in [0.2, 0.25) is 5.02 Å². The zero-order valence-electron chi connectivity index (χ0n) is 9.75. The van der Waals surface area contributed by atoms with E-state index in [-0.39, 0.29) is 5.02 Å². The van der Waals surface area contributed by atoms with E-state index in [0.29, 0.717) is 15.8 Å². The van der Waals surface area contributed by atoms with Gasteiger partial charge in [0.1, 0.15) is 5.82 Å². The van der Waals surface area contributed by atoms with Crippen molar-refractivity contribution in [3.8, 4) is 5.69 Å². The Labute approximate surface area is 140 Å². The third kappa shape index (κ3) is 2.24. The number of benzene rings is 2. The van der Waals surface area contributed by atoms with Gasteiger partial charge in [-0.25, -0.2) is 4.39 Å². The van der Waals surface area contributed by atoms with E-state index >= 15 is 0 Å². The maximum atomic E-state index is 13.5. The molecule has 0 aliphatic rings. The summed E-state index contributed by atoms with van der Waals surface area (Å²) in [6, 6.07) is 8.62. The molecule has 0 amide bonds. The van der Waals surface area contributed by atoms with Crippen LogP contribution >= 0.6 is 55.7 Å². The molecule has 0 spiro atoms. The van der Waals surface area contributed by atoms with Gasteiger partial charge in [-0.2, -0.15) is 0 Å². The summed E-state index contributed by atoms with van der Waals surface area (Å²) in [5, 5.41) is 0.0587. The predicted octanol–water partition coefficient (Wildman–Crippen LogP) is 6.01. The van der Waals surface area contributed by atoms with Crippen LogP contribution in [-0.4, -0.2) is 9.55 Å². The van der Waals surface area contributed by atoms with Gasteiger partial charge in [-0.1, -0.05) is 17.7 Å². The number of aromatic amines is 1. The fraction of sp³-hybridized carbons (Fsp3) is 0. The Morgan fingerprint density at radius 2 is 1.85 bits per heavy atom. The Kier molecular flexibility index (Phi) is 3.75. The average molecular weight is 437 g/mol. The molecule has 20 heavy (non-hydrogen) atoms. The molecular formula is C13H6Br2ClFN2S. The number of nitrogens with zero attached hydrogens (tertiary/aromatic N) is 1. The van der Waals surface area contributed by atoms with Crippen molar-refractivity contribution in [1.29, 1.82) is 0 Å². The summed E-state index contributed by atoms with van der Waals surface area (Å²) in [5.41, 5.74) is 2.15. The van der Waals surface area contributed by atoms with E-state index < -0.39 is 5.82 Å². The molecule has 0 unspecified atom stereocenters. The minimum absolute atomic E-state index is 0.0587. The smallest absolute Gasteiger partial charge is 0.182 e. The van der Waals surface area contributed by atoms with Crippen LogP contribution in [0.5, 0.6) is 0 Å². The highest BCUT2D eigenvalue weighted by Crippen LogP contribution is 2.33. The summed E-state index contributed by atoms with van der Waals surface area (Å²) >= 11 is 18.2. The Morgan fingerprint density at radius 3 is 2.50 bits per heavy atom. The lowest BCUT2D eigenvalue weighted by molar-refractivity contribution is 0.630. The van der Waals surface area contributed by atoms with Crippen LogP contribution in [-0.2, 0) is 0 Å². The number of aromatic nitrogens is 2. The summed E-state index contributed by atoms with van der Waals surface area (Å²) in [6.45, 7) is 0. The first-order valence-electron chi connectivity index (χ1n) is 5.53. The van der Waals surface area contributed by atoms with Crippen LogP contribution in [0.25, 0.3) is 16.7 Å². The van der Waals surface area contributed by atoms with Crippen molar-refractivity contribution in [1.82, 2.24) is 9.55 Å². The van der Waals surface area contributed by atoms with E-state index in [4.69, 9.17) is 23.8 Å². The first kappa shape index (κ1) is 14.3. The van der Waals surface area contributed by atoms with Crippen molar-refractivity contribution in [2.75, 3.05) is 0 Å². The van der Waals surface area contributed by atoms with E-state index in [9.17, 15) is 4.39 Å². The van der Waals surface area contributed by atoms with Crippen LogP contribution in [0.15, 0.2) is 39.3 Å². The molecule has 102 valence electrons. The van der Waals surface area contributed by atoms with Crippen LogP contribution in [0, 0.1) is 10.6 Å². The van der Waals surface area contributed by atoms with Gasteiger partial charge >= 0.3 is 0 Å². The van der Waals surface area contributed by atoms with Crippen LogP contribution in [0.1, 0.15) is 0 Å². The zero-order valence-corrected chi connectivity index (χ0v) is 14.5. The molecular weight excluding hydrogens is 430 g/mol. The van der Waals surface area contributed by atoms with Gasteiger partial charge in [-0.3, -0.25) is 4.57 Å². The van der Waals surface area contributed by atoms with Gasteiger partial charge in [-0.05, 0) is 62.3 Å². The molecule has 1 aromatic heterocycles. The molecule has 3 aromatic rings. The second-order valence-corrected chi connectivity index (χ2v) is 6.62. The van der Waals surface area contributed by atoms with Crippen molar-refractivity contribution in [3.05, 3.63) is 54.9 Å². The molecule has 3 rings (SSSR count). The maximum absolute atomic E-state index is 13.5. The lowest BCUT2D eigenvalue weighted by Gasteiger charge is -2.10. The van der Waals surface area contributed by atoms with E-state index in [0.717, 1.165) is 14.6 Å². The molecule has 2 nitrogen and oxygen atoms in total. The van der Waals surface area contributed by atoms with Gasteiger partial charge in [0.25, 0.3) is 0 Å². The summed E-state index contributed by atoms with van der Waals surface area (Å²) in [7, 11) is 0. The van der Waals surface area contributed by atoms with Crippen LogP contribution in [0.4, 0.5) is 4.39 Å². The number of fused-ring (bicyclic) bond motifs is 1. The molecule has 0 saturated carbocycles. The lowest BCUT2D eigenvalue weighted by atomic mass is 10.2. The molecule has 2 aromatic carbocycles. The minimum atomic E-state index is -0.478. The Hall–Kier alpha value is -0.690. The Morgan fingerprint density at radius 1 is 1.20 bits per heavy atom. The number of hydrogen-bond acceptors (Lipinski definition) is 1. The van der Waals surface area contributed by atoms with Crippen molar-refractivity contribution < 1.29 is 4.39 Å². The highest BCUT2D eigenvalue weighted by Gasteiger charge is 2.14. The first-order valence-corrected chi connectivity index (χ1v) is 7.90. The summed E-state index contributed by atoms with van der Waals surface area (Å²) in [5.74, 6) is -0.478.